The largest absolute Gasteiger partial charge is 0.314 e. The van der Waals surface area contributed by atoms with Gasteiger partial charge < -0.3 is 10.3 Å². The minimum atomic E-state index is -1.77. The van der Waals surface area contributed by atoms with Crippen molar-refractivity contribution < 1.29 is 4.79 Å². The van der Waals surface area contributed by atoms with Crippen molar-refractivity contribution in [3.63, 3.8) is 0 Å². The Balaban J connectivity index is 2.11. The van der Waals surface area contributed by atoms with Crippen LogP contribution in [0.4, 0.5) is 5.69 Å². The van der Waals surface area contributed by atoms with Gasteiger partial charge in [0.15, 0.2) is 0 Å². The molecule has 4 rings (SSSR count). The molecule has 1 N–H and O–H groups in total. The van der Waals surface area contributed by atoms with E-state index in [9.17, 15) is 20.6 Å². The Hall–Kier alpha value is -3.43. The van der Waals surface area contributed by atoms with Crippen LogP contribution in [0.5, 0.6) is 0 Å². The first-order chi connectivity index (χ1) is 13.0. The zero-order valence-corrected chi connectivity index (χ0v) is 14.9. The number of carbonyl (C=O) groups is 1. The highest BCUT2D eigenvalue weighted by molar-refractivity contribution is 6.15. The van der Waals surface area contributed by atoms with Gasteiger partial charge in [-0.05, 0) is 36.5 Å². The van der Waals surface area contributed by atoms with Crippen molar-refractivity contribution in [1.29, 1.82) is 21.2 Å². The Morgan fingerprint density at radius 1 is 1.22 bits per heavy atom. The molecule has 0 aromatic heterocycles. The van der Waals surface area contributed by atoms with Gasteiger partial charge >= 0.3 is 0 Å². The van der Waals surface area contributed by atoms with Crippen LogP contribution in [0.1, 0.15) is 24.8 Å². The molecule has 2 aliphatic carbocycles. The second-order valence-electron chi connectivity index (χ2n) is 7.34. The maximum atomic E-state index is 13.6. The monoisotopic (exact) mass is 355 g/mol. The van der Waals surface area contributed by atoms with E-state index in [4.69, 9.17) is 5.41 Å². The number of likely N-dealkylation sites (N-methyl/N-ethyl adjacent to an activating group) is 1. The van der Waals surface area contributed by atoms with Crippen LogP contribution >= 0.6 is 0 Å². The fourth-order valence-corrected chi connectivity index (χ4v) is 5.24. The molecule has 0 bridgehead atoms. The number of fused-ring (bicyclic) bond motifs is 4. The third-order valence-electron chi connectivity index (χ3n) is 6.40. The van der Waals surface area contributed by atoms with E-state index >= 15 is 0 Å². The van der Waals surface area contributed by atoms with Crippen molar-refractivity contribution in [3.8, 4) is 18.2 Å². The van der Waals surface area contributed by atoms with E-state index in [-0.39, 0.29) is 11.6 Å². The van der Waals surface area contributed by atoms with E-state index in [2.05, 4.69) is 6.07 Å². The Morgan fingerprint density at radius 3 is 2.59 bits per heavy atom. The zero-order valence-electron chi connectivity index (χ0n) is 14.9. The summed E-state index contributed by atoms with van der Waals surface area (Å²) in [6, 6.07) is 13.5. The molecule has 1 spiro atoms. The van der Waals surface area contributed by atoms with E-state index in [1.54, 1.807) is 11.9 Å². The van der Waals surface area contributed by atoms with Crippen molar-refractivity contribution in [2.75, 3.05) is 11.9 Å². The first kappa shape index (κ1) is 17.0. The molecular formula is C21H17N5O. The van der Waals surface area contributed by atoms with Gasteiger partial charge in [0.25, 0.3) is 0 Å². The van der Waals surface area contributed by atoms with Gasteiger partial charge in [-0.1, -0.05) is 24.3 Å². The van der Waals surface area contributed by atoms with Crippen molar-refractivity contribution >= 4 is 17.3 Å². The first-order valence-electron chi connectivity index (χ1n) is 8.90. The van der Waals surface area contributed by atoms with Gasteiger partial charge in [-0.3, -0.25) is 4.79 Å². The van der Waals surface area contributed by atoms with Crippen molar-refractivity contribution in [2.24, 2.45) is 17.3 Å². The summed E-state index contributed by atoms with van der Waals surface area (Å²) in [5, 5.41) is 38.4. The lowest BCUT2D eigenvalue weighted by molar-refractivity contribution is -0.125. The number of allylic oxidation sites excluding steroid dienone is 2. The minimum Gasteiger partial charge on any atom is -0.314 e. The molecule has 1 heterocycles. The highest BCUT2D eigenvalue weighted by Gasteiger charge is 2.69. The second-order valence-corrected chi connectivity index (χ2v) is 7.34. The molecule has 3 aliphatic rings. The van der Waals surface area contributed by atoms with E-state index in [1.807, 2.05) is 42.5 Å². The molecule has 6 nitrogen and oxygen atoms in total. The third kappa shape index (κ3) is 1.72. The highest BCUT2D eigenvalue weighted by Crippen LogP contribution is 2.61. The van der Waals surface area contributed by atoms with Crippen molar-refractivity contribution in [3.05, 3.63) is 41.5 Å². The zero-order chi connectivity index (χ0) is 19.4. The molecule has 1 aromatic rings. The molecule has 1 fully saturated rings. The molecule has 132 valence electrons. The fraction of sp³-hybridized carbons (Fsp3) is 0.381. The number of nitriles is 3. The van der Waals surface area contributed by atoms with Gasteiger partial charge in [0.1, 0.15) is 11.3 Å². The van der Waals surface area contributed by atoms with E-state index < -0.39 is 22.7 Å². The number of hydrogen-bond donors (Lipinski definition) is 1. The van der Waals surface area contributed by atoms with E-state index in [1.165, 1.54) is 0 Å². The van der Waals surface area contributed by atoms with Crippen LogP contribution in [0.2, 0.25) is 0 Å². The number of nitrogens with one attached hydrogen (secondary N) is 1. The van der Waals surface area contributed by atoms with Crippen LogP contribution in [0.3, 0.4) is 0 Å². The summed E-state index contributed by atoms with van der Waals surface area (Å²) in [5.41, 5.74) is -1.34. The average molecular weight is 355 g/mol. The number of amides is 1. The molecule has 1 aliphatic heterocycles. The lowest BCUT2D eigenvalue weighted by atomic mass is 9.47. The molecule has 0 saturated heterocycles. The van der Waals surface area contributed by atoms with Crippen molar-refractivity contribution in [2.45, 2.75) is 24.7 Å². The van der Waals surface area contributed by atoms with E-state index in [0.717, 1.165) is 17.7 Å². The topological polar surface area (TPSA) is 116 Å². The summed E-state index contributed by atoms with van der Waals surface area (Å²) < 4.78 is 0. The summed E-state index contributed by atoms with van der Waals surface area (Å²) in [6.45, 7) is 0. The smallest absolute Gasteiger partial charge is 0.239 e. The lowest BCUT2D eigenvalue weighted by Crippen LogP contribution is -2.61. The minimum absolute atomic E-state index is 0.234. The molecule has 0 radical (unpaired) electrons. The molecule has 1 amide bonds. The maximum absolute atomic E-state index is 13.6. The predicted molar refractivity (Wildman–Crippen MR) is 97.4 cm³/mol. The molecular weight excluding hydrogens is 338 g/mol. The molecule has 6 heteroatoms. The highest BCUT2D eigenvalue weighted by atomic mass is 16.2. The molecule has 1 saturated carbocycles. The van der Waals surface area contributed by atoms with Crippen LogP contribution in [0.25, 0.3) is 0 Å². The van der Waals surface area contributed by atoms with Gasteiger partial charge in [0, 0.05) is 18.7 Å². The number of nitrogens with zero attached hydrogens (tertiary/aromatic N) is 4. The van der Waals surface area contributed by atoms with Gasteiger partial charge in [0.2, 0.25) is 11.3 Å². The van der Waals surface area contributed by atoms with Crippen molar-refractivity contribution in [1.82, 2.24) is 0 Å². The second kappa shape index (κ2) is 5.53. The Kier molecular flexibility index (Phi) is 3.48. The normalized spacial score (nSPS) is 30.6. The van der Waals surface area contributed by atoms with Crippen LogP contribution in [-0.2, 0) is 10.2 Å². The van der Waals surface area contributed by atoms with Crippen LogP contribution in [0.15, 0.2) is 35.9 Å². The summed E-state index contributed by atoms with van der Waals surface area (Å²) in [5.74, 6) is -1.83. The van der Waals surface area contributed by atoms with Crippen LogP contribution in [-0.4, -0.2) is 18.7 Å². The summed E-state index contributed by atoms with van der Waals surface area (Å²) >= 11 is 0. The summed E-state index contributed by atoms with van der Waals surface area (Å²) in [6.07, 6.45) is 3.96. The maximum Gasteiger partial charge on any atom is 0.239 e. The molecule has 27 heavy (non-hydrogen) atoms. The number of carbonyl (C=O) groups excluding carboxylic acids is 1. The van der Waals surface area contributed by atoms with Crippen LogP contribution < -0.4 is 4.90 Å². The lowest BCUT2D eigenvalue weighted by Gasteiger charge is -2.50. The quantitative estimate of drug-likeness (QED) is 0.720. The Morgan fingerprint density at radius 2 is 1.93 bits per heavy atom. The van der Waals surface area contributed by atoms with Gasteiger partial charge in [0.05, 0.1) is 23.9 Å². The van der Waals surface area contributed by atoms with Gasteiger partial charge in [-0.2, -0.15) is 15.8 Å². The average Bonchev–Trinajstić information content (AvgIpc) is 2.93. The molecule has 1 unspecified atom stereocenters. The number of rotatable bonds is 0. The van der Waals surface area contributed by atoms with E-state index in [0.29, 0.717) is 18.4 Å². The number of hydrogen-bond acceptors (Lipinski definition) is 5. The third-order valence-corrected chi connectivity index (χ3v) is 6.40. The van der Waals surface area contributed by atoms with Gasteiger partial charge in [-0.15, -0.1) is 0 Å². The summed E-state index contributed by atoms with van der Waals surface area (Å²) in [7, 11) is 1.68. The number of benzene rings is 1. The number of para-hydroxylation sites is 1. The molecule has 1 aromatic carbocycles. The molecule has 3 atom stereocenters. The standard InChI is InChI=1S/C21H17N5O/c1-26-17-9-5-4-8-15(17)21(19(26)27)14-7-3-2-6-13(14)20(11-23,12-24)18(25)16(21)10-22/h4-6,8-9,14,16,25H,2-3,7H2,1H3/t14-,16?,21-/m0/s1. The van der Waals surface area contributed by atoms with Crippen LogP contribution in [0, 0.1) is 56.7 Å². The predicted octanol–water partition coefficient (Wildman–Crippen LogP) is 2.83. The Labute approximate surface area is 157 Å². The Bertz CT molecular complexity index is 1020. The SMILES string of the molecule is CN1C(=O)[C@@]2(c3ccccc31)C(C#N)C(=N)C(C#N)(C#N)C1=CCCC[C@@H]12. The summed E-state index contributed by atoms with van der Waals surface area (Å²) in [4.78, 5) is 15.1. The van der Waals surface area contributed by atoms with Gasteiger partial charge in [-0.25, -0.2) is 0 Å². The number of anilines is 1. The fourth-order valence-electron chi connectivity index (χ4n) is 5.24. The first-order valence-corrected chi connectivity index (χ1v) is 8.90.